The normalized spacial score (nSPS) is 24.3. The smallest absolute Gasteiger partial charge is 0.0741 e. The molecule has 0 radical (unpaired) electrons. The van der Waals surface area contributed by atoms with Gasteiger partial charge in [-0.05, 0) is 53.0 Å². The highest BCUT2D eigenvalue weighted by Crippen LogP contribution is 2.30. The minimum absolute atomic E-state index is 0.220. The lowest BCUT2D eigenvalue weighted by Crippen LogP contribution is -2.43. The second-order valence-corrected chi connectivity index (χ2v) is 5.95. The van der Waals surface area contributed by atoms with Crippen molar-refractivity contribution in [3.63, 3.8) is 0 Å². The van der Waals surface area contributed by atoms with Crippen LogP contribution in [0.4, 0.5) is 5.69 Å². The monoisotopic (exact) mass is 312 g/mol. The molecule has 0 amide bonds. The summed E-state index contributed by atoms with van der Waals surface area (Å²) in [5.74, 6) is 0.406. The van der Waals surface area contributed by atoms with Gasteiger partial charge < -0.3 is 15.3 Å². The van der Waals surface area contributed by atoms with Crippen LogP contribution in [0.1, 0.15) is 18.9 Å². The number of piperidine rings is 1. The standard InChI is InChI=1S/C14H21BrN2O/c1-10-5-6-17(9-14(10)18)13-4-3-11(8-16-2)7-12(13)15/h3-4,7,10,14,16,18H,5-6,8-9H2,1-2H3. The summed E-state index contributed by atoms with van der Waals surface area (Å²) < 4.78 is 1.11. The molecule has 1 heterocycles. The van der Waals surface area contributed by atoms with Crippen molar-refractivity contribution in [3.8, 4) is 0 Å². The van der Waals surface area contributed by atoms with Gasteiger partial charge in [-0.15, -0.1) is 0 Å². The summed E-state index contributed by atoms with van der Waals surface area (Å²) in [6.07, 6.45) is 0.828. The van der Waals surface area contributed by atoms with E-state index >= 15 is 0 Å². The first-order chi connectivity index (χ1) is 8.61. The Bertz CT molecular complexity index is 411. The van der Waals surface area contributed by atoms with E-state index in [1.165, 1.54) is 11.3 Å². The highest BCUT2D eigenvalue weighted by atomic mass is 79.9. The van der Waals surface area contributed by atoms with Crippen molar-refractivity contribution in [2.75, 3.05) is 25.0 Å². The predicted octanol–water partition coefficient (Wildman–Crippen LogP) is 2.38. The third-order valence-corrected chi connectivity index (χ3v) is 4.29. The third-order valence-electron chi connectivity index (χ3n) is 3.65. The molecule has 0 aliphatic carbocycles. The number of halogens is 1. The van der Waals surface area contributed by atoms with Crippen LogP contribution in [-0.4, -0.2) is 31.3 Å². The van der Waals surface area contributed by atoms with E-state index in [0.717, 1.165) is 30.5 Å². The van der Waals surface area contributed by atoms with Gasteiger partial charge in [-0.2, -0.15) is 0 Å². The Balaban J connectivity index is 2.13. The number of nitrogens with zero attached hydrogens (tertiary/aromatic N) is 1. The number of benzene rings is 1. The van der Waals surface area contributed by atoms with Crippen LogP contribution in [0.15, 0.2) is 22.7 Å². The Hall–Kier alpha value is -0.580. The van der Waals surface area contributed by atoms with Gasteiger partial charge in [0.1, 0.15) is 0 Å². The van der Waals surface area contributed by atoms with Gasteiger partial charge >= 0.3 is 0 Å². The summed E-state index contributed by atoms with van der Waals surface area (Å²) in [4.78, 5) is 2.26. The van der Waals surface area contributed by atoms with Gasteiger partial charge in [-0.1, -0.05) is 13.0 Å². The molecule has 1 aromatic carbocycles. The summed E-state index contributed by atoms with van der Waals surface area (Å²) >= 11 is 3.64. The van der Waals surface area contributed by atoms with Crippen molar-refractivity contribution in [1.82, 2.24) is 5.32 Å². The number of nitrogens with one attached hydrogen (secondary N) is 1. The Kier molecular flexibility index (Phi) is 4.65. The van der Waals surface area contributed by atoms with E-state index in [0.29, 0.717) is 5.92 Å². The van der Waals surface area contributed by atoms with Gasteiger partial charge in [-0.3, -0.25) is 0 Å². The van der Waals surface area contributed by atoms with Gasteiger partial charge in [0.05, 0.1) is 11.8 Å². The summed E-state index contributed by atoms with van der Waals surface area (Å²) in [6.45, 7) is 4.74. The average molecular weight is 313 g/mol. The predicted molar refractivity (Wildman–Crippen MR) is 78.9 cm³/mol. The number of hydrogen-bond donors (Lipinski definition) is 2. The second kappa shape index (κ2) is 6.04. The molecule has 1 saturated heterocycles. The zero-order valence-electron chi connectivity index (χ0n) is 11.0. The molecular formula is C14H21BrN2O. The van der Waals surface area contributed by atoms with Crippen molar-refractivity contribution in [3.05, 3.63) is 28.2 Å². The topological polar surface area (TPSA) is 35.5 Å². The van der Waals surface area contributed by atoms with Gasteiger partial charge in [0, 0.05) is 24.1 Å². The molecule has 1 aromatic rings. The summed E-state index contributed by atoms with van der Waals surface area (Å²) in [7, 11) is 1.95. The molecule has 2 atom stereocenters. The van der Waals surface area contributed by atoms with Crippen molar-refractivity contribution >= 4 is 21.6 Å². The van der Waals surface area contributed by atoms with E-state index in [4.69, 9.17) is 0 Å². The summed E-state index contributed by atoms with van der Waals surface area (Å²) in [6, 6.07) is 6.43. The Labute approximate surface area is 117 Å². The highest BCUT2D eigenvalue weighted by molar-refractivity contribution is 9.10. The summed E-state index contributed by atoms with van der Waals surface area (Å²) in [5, 5.41) is 13.1. The van der Waals surface area contributed by atoms with Crippen molar-refractivity contribution < 1.29 is 5.11 Å². The van der Waals surface area contributed by atoms with Crippen molar-refractivity contribution in [2.24, 2.45) is 5.92 Å². The van der Waals surface area contributed by atoms with Crippen LogP contribution in [0.3, 0.4) is 0 Å². The van der Waals surface area contributed by atoms with Crippen LogP contribution in [0.25, 0.3) is 0 Å². The fourth-order valence-corrected chi connectivity index (χ4v) is 3.07. The van der Waals surface area contributed by atoms with Crippen molar-refractivity contribution in [2.45, 2.75) is 26.0 Å². The molecule has 100 valence electrons. The van der Waals surface area contributed by atoms with Crippen LogP contribution >= 0.6 is 15.9 Å². The molecule has 3 nitrogen and oxygen atoms in total. The largest absolute Gasteiger partial charge is 0.391 e. The molecule has 0 spiro atoms. The number of β-amino-alcohol motifs (C(OH)–C–C–N with tert-alkyl or cyclic N) is 1. The molecule has 0 saturated carbocycles. The third kappa shape index (κ3) is 3.05. The molecule has 1 aliphatic heterocycles. The van der Waals surface area contributed by atoms with Crippen LogP contribution in [0, 0.1) is 5.92 Å². The first kappa shape index (κ1) is 13.8. The molecule has 0 bridgehead atoms. The maximum Gasteiger partial charge on any atom is 0.0741 e. The molecule has 2 unspecified atom stereocenters. The lowest BCUT2D eigenvalue weighted by molar-refractivity contribution is 0.103. The molecule has 0 aromatic heterocycles. The number of hydrogen-bond acceptors (Lipinski definition) is 3. The van der Waals surface area contributed by atoms with Crippen LogP contribution in [-0.2, 0) is 6.54 Å². The Morgan fingerprint density at radius 1 is 1.50 bits per heavy atom. The molecule has 1 fully saturated rings. The molecule has 18 heavy (non-hydrogen) atoms. The van der Waals surface area contributed by atoms with E-state index in [1.54, 1.807) is 0 Å². The molecular weight excluding hydrogens is 292 g/mol. The highest BCUT2D eigenvalue weighted by Gasteiger charge is 2.25. The lowest BCUT2D eigenvalue weighted by atomic mass is 9.95. The van der Waals surface area contributed by atoms with Gasteiger partial charge in [0.25, 0.3) is 0 Å². The zero-order chi connectivity index (χ0) is 13.1. The number of anilines is 1. The second-order valence-electron chi connectivity index (χ2n) is 5.10. The summed E-state index contributed by atoms with van der Waals surface area (Å²) in [5.41, 5.74) is 2.44. The van der Waals surface area contributed by atoms with E-state index in [9.17, 15) is 5.11 Å². The van der Waals surface area contributed by atoms with Gasteiger partial charge in [-0.25, -0.2) is 0 Å². The van der Waals surface area contributed by atoms with Crippen LogP contribution in [0.2, 0.25) is 0 Å². The van der Waals surface area contributed by atoms with Gasteiger partial charge in [0.2, 0.25) is 0 Å². The van der Waals surface area contributed by atoms with E-state index in [2.05, 4.69) is 51.3 Å². The average Bonchev–Trinajstić information content (AvgIpc) is 2.34. The molecule has 2 rings (SSSR count). The minimum atomic E-state index is -0.220. The Morgan fingerprint density at radius 2 is 2.28 bits per heavy atom. The number of aliphatic hydroxyl groups excluding tert-OH is 1. The van der Waals surface area contributed by atoms with Crippen molar-refractivity contribution in [1.29, 1.82) is 0 Å². The SMILES string of the molecule is CNCc1ccc(N2CCC(C)C(O)C2)c(Br)c1. The maximum atomic E-state index is 9.97. The molecule has 4 heteroatoms. The fourth-order valence-electron chi connectivity index (χ4n) is 2.39. The van der Waals surface area contributed by atoms with Gasteiger partial charge in [0.15, 0.2) is 0 Å². The number of aliphatic hydroxyl groups is 1. The van der Waals surface area contributed by atoms with E-state index in [-0.39, 0.29) is 6.10 Å². The minimum Gasteiger partial charge on any atom is -0.391 e. The first-order valence-corrected chi connectivity index (χ1v) is 7.27. The van der Waals surface area contributed by atoms with Crippen LogP contribution in [0.5, 0.6) is 0 Å². The lowest BCUT2D eigenvalue weighted by Gasteiger charge is -2.36. The van der Waals surface area contributed by atoms with Crippen LogP contribution < -0.4 is 10.2 Å². The molecule has 2 N–H and O–H groups in total. The Morgan fingerprint density at radius 3 is 2.89 bits per heavy atom. The quantitative estimate of drug-likeness (QED) is 0.899. The first-order valence-electron chi connectivity index (χ1n) is 6.48. The number of rotatable bonds is 3. The maximum absolute atomic E-state index is 9.97. The molecule has 1 aliphatic rings. The zero-order valence-corrected chi connectivity index (χ0v) is 12.6. The fraction of sp³-hybridized carbons (Fsp3) is 0.571. The van der Waals surface area contributed by atoms with E-state index < -0.39 is 0 Å². The van der Waals surface area contributed by atoms with E-state index in [1.807, 2.05) is 7.05 Å².